The van der Waals surface area contributed by atoms with Crippen molar-refractivity contribution in [3.8, 4) is 0 Å². The number of halogens is 2. The highest BCUT2D eigenvalue weighted by molar-refractivity contribution is 9.10. The van der Waals surface area contributed by atoms with Gasteiger partial charge >= 0.3 is 0 Å². The van der Waals surface area contributed by atoms with E-state index in [1.807, 2.05) is 0 Å². The van der Waals surface area contributed by atoms with Crippen molar-refractivity contribution in [1.29, 1.82) is 0 Å². The van der Waals surface area contributed by atoms with Gasteiger partial charge in [0, 0.05) is 5.56 Å². The molecule has 4 rings (SSSR count). The molecule has 2 aliphatic rings. The van der Waals surface area contributed by atoms with E-state index in [0.29, 0.717) is 34.1 Å². The number of aryl methyl sites for hydroxylation is 2. The number of carbonyl (C=O) groups excluding carboxylic acids is 1. The number of carbonyl (C=O) groups is 1. The fourth-order valence-electron chi connectivity index (χ4n) is 3.62. The van der Waals surface area contributed by atoms with Crippen molar-refractivity contribution in [3.63, 3.8) is 0 Å². The summed E-state index contributed by atoms with van der Waals surface area (Å²) >= 11 is 3.26. The van der Waals surface area contributed by atoms with Crippen molar-refractivity contribution in [2.24, 2.45) is 0 Å². The normalized spacial score (nSPS) is 21.9. The molecule has 1 aliphatic heterocycles. The van der Waals surface area contributed by atoms with E-state index in [-0.39, 0.29) is 17.3 Å². The number of rotatable bonds is 0. The largest absolute Gasteiger partial charge is 0.324 e. The van der Waals surface area contributed by atoms with Crippen LogP contribution in [-0.4, -0.2) is 10.5 Å². The number of aromatic nitrogens is 1. The number of nitrogens with zero attached hydrogens (tertiary/aromatic N) is 1. The van der Waals surface area contributed by atoms with Crippen LogP contribution in [0.3, 0.4) is 0 Å². The molecule has 1 atom stereocenters. The summed E-state index contributed by atoms with van der Waals surface area (Å²) in [7, 11) is 0. The number of pyridine rings is 1. The second-order valence-corrected chi connectivity index (χ2v) is 6.63. The molecule has 1 aromatic carbocycles. The minimum absolute atomic E-state index is 0.281. The van der Waals surface area contributed by atoms with Gasteiger partial charge in [0.2, 0.25) is 0 Å². The van der Waals surface area contributed by atoms with Crippen LogP contribution in [0.1, 0.15) is 33.6 Å². The number of benzene rings is 1. The van der Waals surface area contributed by atoms with Gasteiger partial charge in [-0.25, -0.2) is 4.39 Å². The van der Waals surface area contributed by atoms with Crippen molar-refractivity contribution in [2.75, 3.05) is 0 Å². The van der Waals surface area contributed by atoms with E-state index in [9.17, 15) is 14.0 Å². The Balaban J connectivity index is 2.10. The van der Waals surface area contributed by atoms with E-state index in [1.165, 1.54) is 16.7 Å². The highest BCUT2D eigenvalue weighted by Crippen LogP contribution is 2.42. The molecule has 4 nitrogen and oxygen atoms in total. The van der Waals surface area contributed by atoms with Gasteiger partial charge in [-0.1, -0.05) is 6.07 Å². The van der Waals surface area contributed by atoms with Crippen molar-refractivity contribution < 1.29 is 9.18 Å². The Labute approximate surface area is 134 Å². The van der Waals surface area contributed by atoms with Gasteiger partial charge in [-0.15, -0.1) is 0 Å². The molecule has 6 heteroatoms. The molecule has 0 saturated heterocycles. The van der Waals surface area contributed by atoms with Gasteiger partial charge in [0.05, 0.1) is 4.47 Å². The average Bonchev–Trinajstić information content (AvgIpc) is 2.96. The Morgan fingerprint density at radius 1 is 1.32 bits per heavy atom. The molecule has 1 aromatic heterocycles. The SMILES string of the molecule is Cc1cc(Br)c(=O)n2c1C(=O)NC21CCc2ccc(F)cc21. The average molecular weight is 363 g/mol. The number of amides is 1. The van der Waals surface area contributed by atoms with Crippen LogP contribution < -0.4 is 10.9 Å². The third-order valence-electron chi connectivity index (χ3n) is 4.54. The lowest BCUT2D eigenvalue weighted by Crippen LogP contribution is -2.46. The van der Waals surface area contributed by atoms with E-state index in [1.54, 1.807) is 19.1 Å². The molecule has 1 aliphatic carbocycles. The second kappa shape index (κ2) is 4.29. The van der Waals surface area contributed by atoms with Crippen molar-refractivity contribution >= 4 is 21.8 Å². The maximum absolute atomic E-state index is 13.7. The number of hydrogen-bond donors (Lipinski definition) is 1. The smallest absolute Gasteiger partial charge is 0.270 e. The van der Waals surface area contributed by atoms with Crippen molar-refractivity contribution in [1.82, 2.24) is 9.88 Å². The molecule has 1 N–H and O–H groups in total. The Morgan fingerprint density at radius 3 is 2.86 bits per heavy atom. The van der Waals surface area contributed by atoms with Crippen LogP contribution in [0.2, 0.25) is 0 Å². The minimum atomic E-state index is -0.977. The molecule has 1 unspecified atom stereocenters. The third kappa shape index (κ3) is 1.56. The summed E-state index contributed by atoms with van der Waals surface area (Å²) < 4.78 is 15.6. The molecule has 1 spiro atoms. The highest BCUT2D eigenvalue weighted by atomic mass is 79.9. The van der Waals surface area contributed by atoms with Crippen molar-refractivity contribution in [2.45, 2.75) is 25.4 Å². The van der Waals surface area contributed by atoms with E-state index in [4.69, 9.17) is 0 Å². The number of nitrogens with one attached hydrogen (secondary N) is 1. The second-order valence-electron chi connectivity index (χ2n) is 5.78. The Hall–Kier alpha value is -1.95. The molecule has 112 valence electrons. The zero-order valence-electron chi connectivity index (χ0n) is 11.7. The summed E-state index contributed by atoms with van der Waals surface area (Å²) in [4.78, 5) is 25.1. The number of hydrogen-bond acceptors (Lipinski definition) is 2. The van der Waals surface area contributed by atoms with Gasteiger partial charge in [0.25, 0.3) is 11.5 Å². The lowest BCUT2D eigenvalue weighted by Gasteiger charge is -2.28. The topological polar surface area (TPSA) is 51.1 Å². The first-order chi connectivity index (χ1) is 10.4. The first kappa shape index (κ1) is 13.7. The van der Waals surface area contributed by atoms with Gasteiger partial charge in [-0.2, -0.15) is 0 Å². The summed E-state index contributed by atoms with van der Waals surface area (Å²) in [5.74, 6) is -0.665. The van der Waals surface area contributed by atoms with Crippen LogP contribution in [0.25, 0.3) is 0 Å². The summed E-state index contributed by atoms with van der Waals surface area (Å²) in [5, 5.41) is 2.92. The Bertz CT molecular complexity index is 906. The molecule has 1 amide bonds. The summed E-state index contributed by atoms with van der Waals surface area (Å²) in [6.45, 7) is 1.79. The maximum atomic E-state index is 13.7. The summed E-state index contributed by atoms with van der Waals surface area (Å²) in [5.41, 5.74) is 1.43. The van der Waals surface area contributed by atoms with Crippen LogP contribution in [0.4, 0.5) is 4.39 Å². The van der Waals surface area contributed by atoms with Gasteiger partial charge in [0.15, 0.2) is 0 Å². The van der Waals surface area contributed by atoms with Gasteiger partial charge in [-0.3, -0.25) is 14.2 Å². The van der Waals surface area contributed by atoms with E-state index in [0.717, 1.165) is 5.56 Å². The van der Waals surface area contributed by atoms with Gasteiger partial charge in [-0.05, 0) is 65.0 Å². The lowest BCUT2D eigenvalue weighted by molar-refractivity contribution is 0.0935. The number of fused-ring (bicyclic) bond motifs is 4. The van der Waals surface area contributed by atoms with Crippen LogP contribution in [0.5, 0.6) is 0 Å². The van der Waals surface area contributed by atoms with Gasteiger partial charge in [0.1, 0.15) is 17.2 Å². The molecule has 2 heterocycles. The maximum Gasteiger partial charge on any atom is 0.270 e. The van der Waals surface area contributed by atoms with E-state index in [2.05, 4.69) is 21.2 Å². The molecule has 22 heavy (non-hydrogen) atoms. The van der Waals surface area contributed by atoms with E-state index < -0.39 is 5.66 Å². The Morgan fingerprint density at radius 2 is 2.09 bits per heavy atom. The third-order valence-corrected chi connectivity index (χ3v) is 5.11. The molecule has 0 radical (unpaired) electrons. The summed E-state index contributed by atoms with van der Waals surface area (Å²) in [6, 6.07) is 6.19. The molecule has 0 fully saturated rings. The first-order valence-corrected chi connectivity index (χ1v) is 7.77. The van der Waals surface area contributed by atoms with Crippen LogP contribution in [0.15, 0.2) is 33.5 Å². The molecule has 2 aromatic rings. The predicted octanol–water partition coefficient (Wildman–Crippen LogP) is 2.45. The zero-order valence-corrected chi connectivity index (χ0v) is 13.3. The van der Waals surface area contributed by atoms with Crippen LogP contribution in [0, 0.1) is 12.7 Å². The quantitative estimate of drug-likeness (QED) is 0.782. The Kier molecular flexibility index (Phi) is 2.67. The fourth-order valence-corrected chi connectivity index (χ4v) is 4.14. The standard InChI is InChI=1S/C16H12BrFN2O2/c1-8-6-12(17)15(22)20-13(8)14(21)19-16(20)5-4-9-2-3-10(18)7-11(9)16/h2-3,6-7H,4-5H2,1H3,(H,19,21). The predicted molar refractivity (Wildman–Crippen MR) is 82.4 cm³/mol. The molecular weight excluding hydrogens is 351 g/mol. The van der Waals surface area contributed by atoms with Gasteiger partial charge < -0.3 is 5.32 Å². The zero-order chi connectivity index (χ0) is 15.6. The molecule has 0 bridgehead atoms. The summed E-state index contributed by atoms with van der Waals surface area (Å²) in [6.07, 6.45) is 1.23. The molecular formula is C16H12BrFN2O2. The fraction of sp³-hybridized carbons (Fsp3) is 0.250. The van der Waals surface area contributed by atoms with Crippen molar-refractivity contribution in [3.05, 3.63) is 67.3 Å². The van der Waals surface area contributed by atoms with E-state index >= 15 is 0 Å². The molecule has 0 saturated carbocycles. The monoisotopic (exact) mass is 362 g/mol. The van der Waals surface area contributed by atoms with Crippen LogP contribution in [-0.2, 0) is 12.1 Å². The first-order valence-electron chi connectivity index (χ1n) is 6.98. The van der Waals surface area contributed by atoms with Crippen LogP contribution >= 0.6 is 15.9 Å². The minimum Gasteiger partial charge on any atom is -0.324 e. The highest BCUT2D eigenvalue weighted by Gasteiger charge is 2.49. The lowest BCUT2D eigenvalue weighted by atomic mass is 10.0.